The zero-order valence-electron chi connectivity index (χ0n) is 7.63. The first-order chi connectivity index (χ1) is 5.31. The van der Waals surface area contributed by atoms with Crippen LogP contribution in [0.4, 0.5) is 0 Å². The van der Waals surface area contributed by atoms with Gasteiger partial charge in [-0.1, -0.05) is 6.92 Å². The molecule has 0 aliphatic carbocycles. The minimum atomic E-state index is -0.125. The highest BCUT2D eigenvalue weighted by molar-refractivity contribution is 4.32. The van der Waals surface area contributed by atoms with E-state index in [4.69, 9.17) is 14.2 Å². The summed E-state index contributed by atoms with van der Waals surface area (Å²) in [6.07, 6.45) is 0.931. The van der Waals surface area contributed by atoms with E-state index in [1.807, 2.05) is 6.92 Å². The Hall–Kier alpha value is -0.120. The third-order valence-corrected chi connectivity index (χ3v) is 1.26. The summed E-state index contributed by atoms with van der Waals surface area (Å²) in [5.41, 5.74) is 0. The lowest BCUT2D eigenvalue weighted by atomic mass is 10.5. The molecule has 0 bridgehead atoms. The molecule has 0 radical (unpaired) electrons. The lowest BCUT2D eigenvalue weighted by Gasteiger charge is -2.10. The van der Waals surface area contributed by atoms with E-state index >= 15 is 0 Å². The first-order valence-electron chi connectivity index (χ1n) is 4.03. The van der Waals surface area contributed by atoms with E-state index in [2.05, 4.69) is 6.92 Å². The van der Waals surface area contributed by atoms with Crippen molar-refractivity contribution in [3.8, 4) is 0 Å². The Bertz CT molecular complexity index is 75.7. The molecule has 0 aromatic carbocycles. The van der Waals surface area contributed by atoms with Gasteiger partial charge >= 0.3 is 0 Å². The van der Waals surface area contributed by atoms with Gasteiger partial charge in [0.05, 0.1) is 13.2 Å². The molecule has 0 rings (SSSR count). The van der Waals surface area contributed by atoms with Crippen LogP contribution in [0, 0.1) is 0 Å². The average Bonchev–Trinajstić information content (AvgIpc) is 2.04. The van der Waals surface area contributed by atoms with Gasteiger partial charge in [0.15, 0.2) is 6.29 Å². The smallest absolute Gasteiger partial charge is 0.154 e. The topological polar surface area (TPSA) is 27.7 Å². The van der Waals surface area contributed by atoms with E-state index in [1.165, 1.54) is 0 Å². The molecule has 0 spiro atoms. The summed E-state index contributed by atoms with van der Waals surface area (Å²) in [4.78, 5) is 0. The number of ether oxygens (including phenoxy) is 3. The third kappa shape index (κ3) is 7.78. The van der Waals surface area contributed by atoms with Gasteiger partial charge in [0.25, 0.3) is 0 Å². The molecule has 11 heavy (non-hydrogen) atoms. The number of rotatable bonds is 7. The van der Waals surface area contributed by atoms with Crippen molar-refractivity contribution in [3.05, 3.63) is 0 Å². The van der Waals surface area contributed by atoms with Gasteiger partial charge in [-0.3, -0.25) is 0 Å². The van der Waals surface area contributed by atoms with E-state index in [0.717, 1.165) is 13.0 Å². The van der Waals surface area contributed by atoms with Crippen LogP contribution in [0.15, 0.2) is 0 Å². The minimum absolute atomic E-state index is 0.125. The molecule has 0 saturated carbocycles. The normalized spacial score (nSPS) is 13.4. The van der Waals surface area contributed by atoms with Crippen molar-refractivity contribution >= 4 is 0 Å². The fourth-order valence-electron chi connectivity index (χ4n) is 0.587. The first-order valence-corrected chi connectivity index (χ1v) is 4.03. The molecule has 0 aliphatic rings. The van der Waals surface area contributed by atoms with Gasteiger partial charge in [-0.15, -0.1) is 0 Å². The standard InChI is InChI=1S/C8H18O3/c1-4-5-10-6-7-11-8(2)9-3/h8H,4-7H2,1-3H3. The number of hydrogen-bond donors (Lipinski definition) is 0. The zero-order chi connectivity index (χ0) is 8.53. The lowest BCUT2D eigenvalue weighted by molar-refractivity contribution is -0.121. The molecule has 1 atom stereocenters. The Kier molecular flexibility index (Phi) is 7.89. The molecular formula is C8H18O3. The van der Waals surface area contributed by atoms with Crippen molar-refractivity contribution in [2.75, 3.05) is 26.9 Å². The molecule has 3 nitrogen and oxygen atoms in total. The molecule has 68 valence electrons. The Morgan fingerprint density at radius 1 is 1.18 bits per heavy atom. The number of hydrogen-bond acceptors (Lipinski definition) is 3. The summed E-state index contributed by atoms with van der Waals surface area (Å²) >= 11 is 0. The SMILES string of the molecule is CCCOCCOC(C)OC. The van der Waals surface area contributed by atoms with Crippen molar-refractivity contribution in [1.82, 2.24) is 0 Å². The van der Waals surface area contributed by atoms with Gasteiger partial charge in [0.2, 0.25) is 0 Å². The Morgan fingerprint density at radius 2 is 1.91 bits per heavy atom. The van der Waals surface area contributed by atoms with Gasteiger partial charge in [-0.25, -0.2) is 0 Å². The largest absolute Gasteiger partial charge is 0.379 e. The summed E-state index contributed by atoms with van der Waals surface area (Å²) in [5, 5.41) is 0. The molecule has 1 unspecified atom stereocenters. The Labute approximate surface area is 68.6 Å². The van der Waals surface area contributed by atoms with Gasteiger partial charge in [0.1, 0.15) is 0 Å². The molecule has 0 amide bonds. The Balaban J connectivity index is 2.89. The average molecular weight is 162 g/mol. The second-order valence-corrected chi connectivity index (χ2v) is 2.29. The van der Waals surface area contributed by atoms with E-state index in [9.17, 15) is 0 Å². The second kappa shape index (κ2) is 7.98. The monoisotopic (exact) mass is 162 g/mol. The molecule has 0 N–H and O–H groups in total. The Morgan fingerprint density at radius 3 is 2.45 bits per heavy atom. The highest BCUT2D eigenvalue weighted by Gasteiger charge is 1.96. The second-order valence-electron chi connectivity index (χ2n) is 2.29. The molecule has 0 saturated heterocycles. The summed E-state index contributed by atoms with van der Waals surface area (Å²) in [6, 6.07) is 0. The summed E-state index contributed by atoms with van der Waals surface area (Å²) in [6.45, 7) is 6.01. The van der Waals surface area contributed by atoms with Crippen LogP contribution in [0.25, 0.3) is 0 Å². The predicted octanol–water partition coefficient (Wildman–Crippen LogP) is 1.42. The van der Waals surface area contributed by atoms with Crippen LogP contribution < -0.4 is 0 Å². The summed E-state index contributed by atoms with van der Waals surface area (Å²) < 4.78 is 15.3. The van der Waals surface area contributed by atoms with Crippen LogP contribution in [0.5, 0.6) is 0 Å². The van der Waals surface area contributed by atoms with Gasteiger partial charge in [0, 0.05) is 13.7 Å². The van der Waals surface area contributed by atoms with Crippen LogP contribution in [0.2, 0.25) is 0 Å². The molecule has 0 aromatic heterocycles. The maximum absolute atomic E-state index is 5.20. The van der Waals surface area contributed by atoms with Crippen molar-refractivity contribution < 1.29 is 14.2 Å². The van der Waals surface area contributed by atoms with E-state index in [0.29, 0.717) is 13.2 Å². The van der Waals surface area contributed by atoms with Crippen molar-refractivity contribution in [1.29, 1.82) is 0 Å². The number of methoxy groups -OCH3 is 1. The van der Waals surface area contributed by atoms with E-state index in [-0.39, 0.29) is 6.29 Å². The quantitative estimate of drug-likeness (QED) is 0.418. The summed E-state index contributed by atoms with van der Waals surface area (Å²) in [7, 11) is 1.62. The fraction of sp³-hybridized carbons (Fsp3) is 1.00. The molecule has 0 fully saturated rings. The van der Waals surface area contributed by atoms with Crippen molar-refractivity contribution in [2.24, 2.45) is 0 Å². The lowest BCUT2D eigenvalue weighted by Crippen LogP contribution is -2.14. The maximum atomic E-state index is 5.20. The van der Waals surface area contributed by atoms with Crippen LogP contribution >= 0.6 is 0 Å². The maximum Gasteiger partial charge on any atom is 0.154 e. The van der Waals surface area contributed by atoms with Crippen LogP contribution in [0.3, 0.4) is 0 Å². The van der Waals surface area contributed by atoms with Crippen LogP contribution in [0.1, 0.15) is 20.3 Å². The van der Waals surface area contributed by atoms with Crippen LogP contribution in [-0.4, -0.2) is 33.2 Å². The fourth-order valence-corrected chi connectivity index (χ4v) is 0.587. The highest BCUT2D eigenvalue weighted by atomic mass is 16.7. The van der Waals surface area contributed by atoms with Gasteiger partial charge in [-0.2, -0.15) is 0 Å². The van der Waals surface area contributed by atoms with Gasteiger partial charge < -0.3 is 14.2 Å². The molecule has 3 heteroatoms. The minimum Gasteiger partial charge on any atom is -0.379 e. The van der Waals surface area contributed by atoms with Crippen molar-refractivity contribution in [3.63, 3.8) is 0 Å². The van der Waals surface area contributed by atoms with Crippen molar-refractivity contribution in [2.45, 2.75) is 26.6 Å². The first kappa shape index (κ1) is 10.9. The third-order valence-electron chi connectivity index (χ3n) is 1.26. The highest BCUT2D eigenvalue weighted by Crippen LogP contribution is 1.90. The van der Waals surface area contributed by atoms with Gasteiger partial charge in [-0.05, 0) is 13.3 Å². The zero-order valence-corrected chi connectivity index (χ0v) is 7.63. The summed E-state index contributed by atoms with van der Waals surface area (Å²) in [5.74, 6) is 0. The predicted molar refractivity (Wildman–Crippen MR) is 43.5 cm³/mol. The molecule has 0 heterocycles. The molecule has 0 aliphatic heterocycles. The molecular weight excluding hydrogens is 144 g/mol. The van der Waals surface area contributed by atoms with E-state index < -0.39 is 0 Å². The molecule has 0 aromatic rings. The van der Waals surface area contributed by atoms with Crippen LogP contribution in [-0.2, 0) is 14.2 Å². The van der Waals surface area contributed by atoms with E-state index in [1.54, 1.807) is 7.11 Å².